The molecule has 15 heavy (non-hydrogen) atoms. The monoisotopic (exact) mass is 207 g/mol. The first-order chi connectivity index (χ1) is 6.85. The number of aliphatic carboxylic acids is 1. The molecule has 3 heteroatoms. The van der Waals surface area contributed by atoms with Gasteiger partial charge in [-0.3, -0.25) is 4.79 Å². The fourth-order valence-electron chi connectivity index (χ4n) is 2.50. The maximum Gasteiger partial charge on any atom is 0.321 e. The van der Waals surface area contributed by atoms with Gasteiger partial charge in [0.2, 0.25) is 0 Å². The van der Waals surface area contributed by atoms with E-state index >= 15 is 0 Å². The molecule has 1 aliphatic carbocycles. The molecule has 82 valence electrons. The van der Waals surface area contributed by atoms with Crippen molar-refractivity contribution in [3.05, 3.63) is 11.6 Å². The summed E-state index contributed by atoms with van der Waals surface area (Å²) >= 11 is 0. The van der Waals surface area contributed by atoms with Gasteiger partial charge in [-0.2, -0.15) is 5.26 Å². The Balaban J connectivity index is 2.92. The largest absolute Gasteiger partial charge is 0.480 e. The number of rotatable bonds is 2. The minimum atomic E-state index is -1.01. The predicted octanol–water partition coefficient (Wildman–Crippen LogP) is 2.59. The van der Waals surface area contributed by atoms with Gasteiger partial charge in [-0.15, -0.1) is 0 Å². The van der Waals surface area contributed by atoms with Gasteiger partial charge >= 0.3 is 5.97 Å². The Morgan fingerprint density at radius 1 is 1.73 bits per heavy atom. The molecule has 0 spiro atoms. The van der Waals surface area contributed by atoms with Crippen molar-refractivity contribution >= 4 is 5.97 Å². The van der Waals surface area contributed by atoms with E-state index in [0.29, 0.717) is 0 Å². The lowest BCUT2D eigenvalue weighted by Gasteiger charge is -2.34. The first-order valence-corrected chi connectivity index (χ1v) is 5.15. The minimum Gasteiger partial charge on any atom is -0.480 e. The number of carbonyl (C=O) groups is 1. The van der Waals surface area contributed by atoms with Crippen LogP contribution < -0.4 is 0 Å². The fourth-order valence-corrected chi connectivity index (χ4v) is 2.50. The zero-order valence-electron chi connectivity index (χ0n) is 9.45. The summed E-state index contributed by atoms with van der Waals surface area (Å²) < 4.78 is 0. The van der Waals surface area contributed by atoms with Crippen LogP contribution in [0.15, 0.2) is 11.6 Å². The third-order valence-electron chi connectivity index (χ3n) is 2.88. The average Bonchev–Trinajstić information content (AvgIpc) is 1.99. The highest BCUT2D eigenvalue weighted by Gasteiger charge is 2.34. The number of hydrogen-bond donors (Lipinski definition) is 1. The van der Waals surface area contributed by atoms with Crippen molar-refractivity contribution in [1.82, 2.24) is 0 Å². The van der Waals surface area contributed by atoms with Crippen molar-refractivity contribution < 1.29 is 9.90 Å². The van der Waals surface area contributed by atoms with Gasteiger partial charge in [0.15, 0.2) is 0 Å². The molecule has 0 heterocycles. The minimum absolute atomic E-state index is 0.105. The lowest BCUT2D eigenvalue weighted by molar-refractivity contribution is -0.141. The van der Waals surface area contributed by atoms with Crippen LogP contribution in [0.3, 0.4) is 0 Å². The Bertz CT molecular complexity index is 336. The van der Waals surface area contributed by atoms with E-state index in [9.17, 15) is 4.79 Å². The van der Waals surface area contributed by atoms with Crippen LogP contribution in [0.1, 0.15) is 33.6 Å². The summed E-state index contributed by atoms with van der Waals surface area (Å²) in [6, 6.07) is 1.89. The Morgan fingerprint density at radius 3 is 2.73 bits per heavy atom. The zero-order valence-corrected chi connectivity index (χ0v) is 9.45. The quantitative estimate of drug-likeness (QED) is 0.708. The molecular weight excluding hydrogens is 190 g/mol. The fraction of sp³-hybridized carbons (Fsp3) is 0.667. The highest BCUT2D eigenvalue weighted by molar-refractivity contribution is 5.73. The van der Waals surface area contributed by atoms with E-state index in [4.69, 9.17) is 10.4 Å². The van der Waals surface area contributed by atoms with E-state index < -0.39 is 11.9 Å². The Hall–Kier alpha value is -1.30. The molecule has 0 aliphatic heterocycles. The standard InChI is InChI=1S/C12H17NO2/c1-8-4-9(6-12(2,3)5-8)10(7-13)11(14)15/h4,9-10H,5-6H2,1-3H3,(H,14,15). The molecule has 0 amide bonds. The normalized spacial score (nSPS) is 26.3. The van der Waals surface area contributed by atoms with E-state index in [2.05, 4.69) is 13.8 Å². The molecule has 1 N–H and O–H groups in total. The third kappa shape index (κ3) is 2.82. The smallest absolute Gasteiger partial charge is 0.321 e. The van der Waals surface area contributed by atoms with Crippen LogP contribution in [-0.2, 0) is 4.79 Å². The van der Waals surface area contributed by atoms with Crippen molar-refractivity contribution in [3.8, 4) is 6.07 Å². The van der Waals surface area contributed by atoms with Crippen molar-refractivity contribution in [3.63, 3.8) is 0 Å². The first-order valence-electron chi connectivity index (χ1n) is 5.15. The van der Waals surface area contributed by atoms with E-state index in [1.54, 1.807) is 0 Å². The molecular formula is C12H17NO2. The molecule has 0 saturated heterocycles. The molecule has 0 aromatic carbocycles. The molecule has 0 aromatic heterocycles. The molecule has 0 fully saturated rings. The Morgan fingerprint density at radius 2 is 2.33 bits per heavy atom. The van der Waals surface area contributed by atoms with Crippen LogP contribution in [0.25, 0.3) is 0 Å². The van der Waals surface area contributed by atoms with E-state index in [0.717, 1.165) is 12.8 Å². The molecule has 2 unspecified atom stereocenters. The summed E-state index contributed by atoms with van der Waals surface area (Å²) in [5.41, 5.74) is 1.30. The highest BCUT2D eigenvalue weighted by Crippen LogP contribution is 2.40. The maximum absolute atomic E-state index is 10.9. The van der Waals surface area contributed by atoms with Crippen molar-refractivity contribution in [1.29, 1.82) is 5.26 Å². The van der Waals surface area contributed by atoms with Gasteiger partial charge in [0, 0.05) is 5.92 Å². The second-order valence-corrected chi connectivity index (χ2v) is 5.17. The van der Waals surface area contributed by atoms with Crippen molar-refractivity contribution in [2.75, 3.05) is 0 Å². The zero-order chi connectivity index (χ0) is 11.6. The third-order valence-corrected chi connectivity index (χ3v) is 2.88. The number of allylic oxidation sites excluding steroid dienone is 2. The second kappa shape index (κ2) is 4.06. The summed E-state index contributed by atoms with van der Waals surface area (Å²) in [5, 5.41) is 17.8. The topological polar surface area (TPSA) is 61.1 Å². The van der Waals surface area contributed by atoms with Crippen molar-refractivity contribution in [2.24, 2.45) is 17.3 Å². The molecule has 0 bridgehead atoms. The highest BCUT2D eigenvalue weighted by atomic mass is 16.4. The lowest BCUT2D eigenvalue weighted by Crippen LogP contribution is -2.29. The van der Waals surface area contributed by atoms with Gasteiger partial charge in [-0.1, -0.05) is 25.5 Å². The van der Waals surface area contributed by atoms with Crippen LogP contribution in [0.5, 0.6) is 0 Å². The van der Waals surface area contributed by atoms with Crippen molar-refractivity contribution in [2.45, 2.75) is 33.6 Å². The van der Waals surface area contributed by atoms with Crippen LogP contribution in [0.2, 0.25) is 0 Å². The Labute approximate surface area is 90.4 Å². The summed E-state index contributed by atoms with van der Waals surface area (Å²) in [6.45, 7) is 6.24. The lowest BCUT2D eigenvalue weighted by atomic mass is 9.70. The molecule has 0 aromatic rings. The second-order valence-electron chi connectivity index (χ2n) is 5.17. The summed E-state index contributed by atoms with van der Waals surface area (Å²) in [7, 11) is 0. The molecule has 0 saturated carbocycles. The predicted molar refractivity (Wildman–Crippen MR) is 57.0 cm³/mol. The SMILES string of the molecule is CC1=CC(C(C#N)C(=O)O)CC(C)(C)C1. The van der Waals surface area contributed by atoms with Gasteiger partial charge < -0.3 is 5.11 Å². The van der Waals surface area contributed by atoms with Gasteiger partial charge in [0.1, 0.15) is 5.92 Å². The number of hydrogen-bond acceptors (Lipinski definition) is 2. The van der Waals surface area contributed by atoms with Gasteiger partial charge in [-0.05, 0) is 25.2 Å². The number of carboxylic acids is 1. The molecule has 1 rings (SSSR count). The van der Waals surface area contributed by atoms with E-state index in [1.807, 2.05) is 19.1 Å². The summed E-state index contributed by atoms with van der Waals surface area (Å²) in [6.07, 6.45) is 3.71. The summed E-state index contributed by atoms with van der Waals surface area (Å²) in [4.78, 5) is 10.9. The van der Waals surface area contributed by atoms with Gasteiger partial charge in [0.25, 0.3) is 0 Å². The first kappa shape index (κ1) is 11.8. The molecule has 2 atom stereocenters. The van der Waals surface area contributed by atoms with E-state index in [-0.39, 0.29) is 11.3 Å². The van der Waals surface area contributed by atoms with Crippen LogP contribution in [0.4, 0.5) is 0 Å². The molecule has 0 radical (unpaired) electrons. The van der Waals surface area contributed by atoms with Gasteiger partial charge in [-0.25, -0.2) is 0 Å². The van der Waals surface area contributed by atoms with Crippen LogP contribution >= 0.6 is 0 Å². The summed E-state index contributed by atoms with van der Waals surface area (Å²) in [5.74, 6) is -2.06. The number of carboxylic acid groups (broad SMARTS) is 1. The number of nitriles is 1. The average molecular weight is 207 g/mol. The maximum atomic E-state index is 10.9. The Kier molecular flexibility index (Phi) is 3.18. The van der Waals surface area contributed by atoms with Gasteiger partial charge in [0.05, 0.1) is 6.07 Å². The van der Waals surface area contributed by atoms with Crippen LogP contribution in [0, 0.1) is 28.6 Å². The number of nitrogens with zero attached hydrogens (tertiary/aromatic N) is 1. The van der Waals surface area contributed by atoms with Crippen LogP contribution in [-0.4, -0.2) is 11.1 Å². The molecule has 1 aliphatic rings. The van der Waals surface area contributed by atoms with E-state index in [1.165, 1.54) is 5.57 Å². The molecule has 3 nitrogen and oxygen atoms in total.